The van der Waals surface area contributed by atoms with E-state index in [9.17, 15) is 4.79 Å². The van der Waals surface area contributed by atoms with Gasteiger partial charge in [0.05, 0.1) is 0 Å². The lowest BCUT2D eigenvalue weighted by Crippen LogP contribution is -2.45. The van der Waals surface area contributed by atoms with Crippen molar-refractivity contribution in [1.29, 1.82) is 0 Å². The molecule has 1 atom stereocenters. The average Bonchev–Trinajstić information content (AvgIpc) is 2.86. The second kappa shape index (κ2) is 2.72. The number of nitrogens with two attached hydrogens (primary N) is 1. The molecule has 1 heterocycles. The number of carbonyl (C=O) groups is 1. The summed E-state index contributed by atoms with van der Waals surface area (Å²) in [4.78, 5) is 13.9. The molecule has 1 amide bonds. The van der Waals surface area contributed by atoms with E-state index >= 15 is 0 Å². The fourth-order valence-electron chi connectivity index (χ4n) is 2.91. The number of rotatable bonds is 1. The molecule has 3 rings (SSSR count). The van der Waals surface area contributed by atoms with E-state index in [0.717, 1.165) is 25.9 Å². The standard InChI is InChI=1S/C11H18N2O/c12-9-6-13(10(14)8-2-3-8)7-11(9)4-1-5-11/h8-9H,1-7,12H2. The minimum Gasteiger partial charge on any atom is -0.340 e. The molecule has 1 spiro atoms. The first-order valence-electron chi connectivity index (χ1n) is 5.76. The zero-order valence-electron chi connectivity index (χ0n) is 8.54. The van der Waals surface area contributed by atoms with Crippen LogP contribution in [0.4, 0.5) is 0 Å². The minimum absolute atomic E-state index is 0.249. The minimum atomic E-state index is 0.249. The normalized spacial score (nSPS) is 34.6. The fraction of sp³-hybridized carbons (Fsp3) is 0.909. The predicted molar refractivity (Wildman–Crippen MR) is 53.6 cm³/mol. The topological polar surface area (TPSA) is 46.3 Å². The third-order valence-corrected chi connectivity index (χ3v) is 4.30. The van der Waals surface area contributed by atoms with E-state index < -0.39 is 0 Å². The second-order valence-electron chi connectivity index (χ2n) is 5.32. The Morgan fingerprint density at radius 2 is 2.07 bits per heavy atom. The zero-order chi connectivity index (χ0) is 9.76. The summed E-state index contributed by atoms with van der Waals surface area (Å²) < 4.78 is 0. The number of hydrogen-bond donors (Lipinski definition) is 1. The van der Waals surface area contributed by atoms with Gasteiger partial charge in [-0.2, -0.15) is 0 Å². The molecule has 14 heavy (non-hydrogen) atoms. The van der Waals surface area contributed by atoms with Crippen LogP contribution in [0, 0.1) is 11.3 Å². The monoisotopic (exact) mass is 194 g/mol. The summed E-state index contributed by atoms with van der Waals surface area (Å²) in [5, 5.41) is 0. The van der Waals surface area contributed by atoms with Gasteiger partial charge in [-0.15, -0.1) is 0 Å². The highest BCUT2D eigenvalue weighted by molar-refractivity contribution is 5.81. The van der Waals surface area contributed by atoms with E-state index in [-0.39, 0.29) is 6.04 Å². The first kappa shape index (κ1) is 8.72. The van der Waals surface area contributed by atoms with Crippen molar-refractivity contribution in [2.45, 2.75) is 38.1 Å². The van der Waals surface area contributed by atoms with Gasteiger partial charge in [0.15, 0.2) is 0 Å². The molecule has 2 saturated carbocycles. The summed E-state index contributed by atoms with van der Waals surface area (Å²) in [6.07, 6.45) is 6.00. The van der Waals surface area contributed by atoms with Gasteiger partial charge in [0, 0.05) is 30.5 Å². The smallest absolute Gasteiger partial charge is 0.225 e. The number of nitrogens with zero attached hydrogens (tertiary/aromatic N) is 1. The highest BCUT2D eigenvalue weighted by atomic mass is 16.2. The molecule has 78 valence electrons. The molecule has 1 aliphatic heterocycles. The van der Waals surface area contributed by atoms with Gasteiger partial charge in [0.1, 0.15) is 0 Å². The summed E-state index contributed by atoms with van der Waals surface area (Å²) in [6, 6.07) is 0.249. The largest absolute Gasteiger partial charge is 0.340 e. The van der Waals surface area contributed by atoms with Gasteiger partial charge in [0.2, 0.25) is 5.91 Å². The molecule has 3 aliphatic rings. The Hall–Kier alpha value is -0.570. The van der Waals surface area contributed by atoms with Crippen molar-refractivity contribution >= 4 is 5.91 Å². The number of hydrogen-bond acceptors (Lipinski definition) is 2. The average molecular weight is 194 g/mol. The van der Waals surface area contributed by atoms with Gasteiger partial charge in [0.25, 0.3) is 0 Å². The van der Waals surface area contributed by atoms with E-state index in [0.29, 0.717) is 17.2 Å². The maximum absolute atomic E-state index is 11.9. The van der Waals surface area contributed by atoms with Crippen LogP contribution < -0.4 is 5.73 Å². The Bertz CT molecular complexity index is 268. The van der Waals surface area contributed by atoms with Crippen LogP contribution in [0.2, 0.25) is 0 Å². The molecular formula is C11H18N2O. The van der Waals surface area contributed by atoms with Crippen molar-refractivity contribution in [1.82, 2.24) is 4.90 Å². The lowest BCUT2D eigenvalue weighted by molar-refractivity contribution is -0.132. The first-order valence-corrected chi connectivity index (χ1v) is 5.76. The molecule has 3 nitrogen and oxygen atoms in total. The van der Waals surface area contributed by atoms with Crippen molar-refractivity contribution in [3.05, 3.63) is 0 Å². The molecule has 1 saturated heterocycles. The Morgan fingerprint density at radius 3 is 2.50 bits per heavy atom. The van der Waals surface area contributed by atoms with Gasteiger partial charge >= 0.3 is 0 Å². The van der Waals surface area contributed by atoms with E-state index in [1.165, 1.54) is 19.3 Å². The Balaban J connectivity index is 1.70. The summed E-state index contributed by atoms with van der Waals surface area (Å²) in [6.45, 7) is 1.76. The van der Waals surface area contributed by atoms with E-state index in [2.05, 4.69) is 0 Å². The fourth-order valence-corrected chi connectivity index (χ4v) is 2.91. The Labute approximate surface area is 84.6 Å². The van der Waals surface area contributed by atoms with E-state index in [1.807, 2.05) is 4.90 Å². The van der Waals surface area contributed by atoms with Crippen molar-refractivity contribution in [2.24, 2.45) is 17.1 Å². The van der Waals surface area contributed by atoms with Crippen LogP contribution in [0.5, 0.6) is 0 Å². The second-order valence-corrected chi connectivity index (χ2v) is 5.32. The van der Waals surface area contributed by atoms with Gasteiger partial charge in [-0.1, -0.05) is 6.42 Å². The van der Waals surface area contributed by atoms with Crippen LogP contribution in [-0.4, -0.2) is 29.9 Å². The number of carbonyl (C=O) groups excluding carboxylic acids is 1. The van der Waals surface area contributed by atoms with Crippen molar-refractivity contribution < 1.29 is 4.79 Å². The first-order chi connectivity index (χ1) is 6.71. The molecule has 2 aliphatic carbocycles. The Kier molecular flexibility index (Phi) is 1.69. The molecular weight excluding hydrogens is 176 g/mol. The van der Waals surface area contributed by atoms with Crippen LogP contribution in [0.3, 0.4) is 0 Å². The zero-order valence-corrected chi connectivity index (χ0v) is 8.54. The maximum atomic E-state index is 11.9. The molecule has 0 radical (unpaired) electrons. The molecule has 0 aromatic carbocycles. The van der Waals surface area contributed by atoms with Crippen molar-refractivity contribution in [3.63, 3.8) is 0 Å². The SMILES string of the molecule is NC1CN(C(=O)C2CC2)CC12CCC2. The van der Waals surface area contributed by atoms with Crippen LogP contribution >= 0.6 is 0 Å². The van der Waals surface area contributed by atoms with Crippen LogP contribution in [0.25, 0.3) is 0 Å². The molecule has 3 heteroatoms. The summed E-state index contributed by atoms with van der Waals surface area (Å²) in [5.74, 6) is 0.738. The van der Waals surface area contributed by atoms with Crippen LogP contribution in [0.15, 0.2) is 0 Å². The lowest BCUT2D eigenvalue weighted by atomic mass is 9.66. The molecule has 1 unspecified atom stereocenters. The quantitative estimate of drug-likeness (QED) is 0.669. The van der Waals surface area contributed by atoms with Crippen molar-refractivity contribution in [2.75, 3.05) is 13.1 Å². The van der Waals surface area contributed by atoms with E-state index in [1.54, 1.807) is 0 Å². The molecule has 0 bridgehead atoms. The number of likely N-dealkylation sites (tertiary alicyclic amines) is 1. The van der Waals surface area contributed by atoms with E-state index in [4.69, 9.17) is 5.73 Å². The third kappa shape index (κ3) is 1.11. The molecule has 2 N–H and O–H groups in total. The van der Waals surface area contributed by atoms with Gasteiger partial charge < -0.3 is 10.6 Å². The Morgan fingerprint density at radius 1 is 1.36 bits per heavy atom. The predicted octanol–water partition coefficient (Wildman–Crippen LogP) is 0.736. The van der Waals surface area contributed by atoms with Gasteiger partial charge in [-0.3, -0.25) is 4.79 Å². The van der Waals surface area contributed by atoms with Gasteiger partial charge in [-0.05, 0) is 25.7 Å². The molecule has 0 aromatic rings. The summed E-state index contributed by atoms with van der Waals surface area (Å²) >= 11 is 0. The summed E-state index contributed by atoms with van der Waals surface area (Å²) in [5.41, 5.74) is 6.45. The van der Waals surface area contributed by atoms with Gasteiger partial charge in [-0.25, -0.2) is 0 Å². The van der Waals surface area contributed by atoms with Crippen LogP contribution in [-0.2, 0) is 4.79 Å². The highest BCUT2D eigenvalue weighted by Crippen LogP contribution is 2.48. The van der Waals surface area contributed by atoms with Crippen LogP contribution in [0.1, 0.15) is 32.1 Å². The third-order valence-electron chi connectivity index (χ3n) is 4.30. The lowest BCUT2D eigenvalue weighted by Gasteiger charge is -2.41. The molecule has 3 fully saturated rings. The molecule has 0 aromatic heterocycles. The summed E-state index contributed by atoms with van der Waals surface area (Å²) in [7, 11) is 0. The highest BCUT2D eigenvalue weighted by Gasteiger charge is 2.51. The van der Waals surface area contributed by atoms with Crippen molar-refractivity contribution in [3.8, 4) is 0 Å². The number of amides is 1. The maximum Gasteiger partial charge on any atom is 0.225 e.